The molecule has 5 nitrogen and oxygen atoms in total. The van der Waals surface area contributed by atoms with E-state index in [-0.39, 0.29) is 18.0 Å². The van der Waals surface area contributed by atoms with Gasteiger partial charge in [0.15, 0.2) is 11.6 Å². The van der Waals surface area contributed by atoms with Crippen molar-refractivity contribution in [1.29, 1.82) is 0 Å². The van der Waals surface area contributed by atoms with Gasteiger partial charge in [-0.15, -0.1) is 0 Å². The second kappa shape index (κ2) is 8.04. The van der Waals surface area contributed by atoms with Crippen LogP contribution in [0.2, 0.25) is 5.02 Å². The third kappa shape index (κ3) is 4.02. The van der Waals surface area contributed by atoms with Gasteiger partial charge in [-0.25, -0.2) is 13.8 Å². The summed E-state index contributed by atoms with van der Waals surface area (Å²) in [4.78, 5) is 8.97. The number of hydrogen-bond donors (Lipinski definition) is 2. The van der Waals surface area contributed by atoms with Crippen LogP contribution in [0.4, 0.5) is 14.5 Å². The molecule has 0 spiro atoms. The van der Waals surface area contributed by atoms with Gasteiger partial charge < -0.3 is 10.1 Å². The Balaban J connectivity index is 1.60. The van der Waals surface area contributed by atoms with Crippen LogP contribution in [0, 0.1) is 11.6 Å². The molecule has 0 aliphatic carbocycles. The van der Waals surface area contributed by atoms with Crippen LogP contribution in [0.5, 0.6) is 11.5 Å². The van der Waals surface area contributed by atoms with Gasteiger partial charge in [-0.1, -0.05) is 11.6 Å². The number of fused-ring (bicyclic) bond motifs is 1. The Morgan fingerprint density at radius 3 is 2.68 bits per heavy atom. The van der Waals surface area contributed by atoms with Crippen molar-refractivity contribution in [2.75, 3.05) is 5.32 Å². The second-order valence-electron chi connectivity index (χ2n) is 5.73. The number of hydrogen-bond acceptors (Lipinski definition) is 4. The molecule has 4 rings (SSSR count). The van der Waals surface area contributed by atoms with E-state index < -0.39 is 11.6 Å². The van der Waals surface area contributed by atoms with E-state index in [0.29, 0.717) is 22.4 Å². The molecule has 0 bridgehead atoms. The molecule has 3 aromatic rings. The highest BCUT2D eigenvalue weighted by molar-refractivity contribution is 7.98. The van der Waals surface area contributed by atoms with E-state index in [1.807, 2.05) is 0 Å². The number of ether oxygens (including phenoxy) is 1. The molecule has 0 radical (unpaired) electrons. The quantitative estimate of drug-likeness (QED) is 0.557. The fourth-order valence-electron chi connectivity index (χ4n) is 2.47. The first kappa shape index (κ1) is 18.5. The maximum atomic E-state index is 14.5. The predicted molar refractivity (Wildman–Crippen MR) is 106 cm³/mol. The molecule has 0 fully saturated rings. The zero-order valence-electron chi connectivity index (χ0n) is 14.2. The summed E-state index contributed by atoms with van der Waals surface area (Å²) in [7, 11) is 0. The summed E-state index contributed by atoms with van der Waals surface area (Å²) < 4.78 is 36.9. The van der Waals surface area contributed by atoms with Crippen molar-refractivity contribution in [1.82, 2.24) is 9.71 Å². The highest BCUT2D eigenvalue weighted by atomic mass is 35.5. The van der Waals surface area contributed by atoms with Gasteiger partial charge in [0.05, 0.1) is 17.1 Å². The molecule has 0 amide bonds. The van der Waals surface area contributed by atoms with Crippen molar-refractivity contribution >= 4 is 35.2 Å². The van der Waals surface area contributed by atoms with Gasteiger partial charge in [0.2, 0.25) is 5.96 Å². The number of nitrogens with zero attached hydrogens (tertiary/aromatic N) is 2. The first-order valence-corrected chi connectivity index (χ1v) is 9.39. The van der Waals surface area contributed by atoms with E-state index in [1.54, 1.807) is 30.3 Å². The largest absolute Gasteiger partial charge is 0.452 e. The number of nitrogens with one attached hydrogen (secondary N) is 2. The van der Waals surface area contributed by atoms with E-state index in [4.69, 9.17) is 16.3 Å². The number of aliphatic imine (C=N–C) groups is 1. The molecule has 0 saturated carbocycles. The summed E-state index contributed by atoms with van der Waals surface area (Å²) in [5.41, 5.74) is 0.644. The number of rotatable bonds is 4. The van der Waals surface area contributed by atoms with Crippen molar-refractivity contribution in [3.63, 3.8) is 0 Å². The Labute approximate surface area is 168 Å². The van der Waals surface area contributed by atoms with Crippen molar-refractivity contribution in [3.8, 4) is 11.5 Å². The molecule has 0 atom stereocenters. The highest BCUT2D eigenvalue weighted by Crippen LogP contribution is 2.41. The third-order valence-corrected chi connectivity index (χ3v) is 4.94. The van der Waals surface area contributed by atoms with Crippen LogP contribution in [-0.2, 0) is 6.54 Å². The zero-order chi connectivity index (χ0) is 19.5. The molecule has 28 heavy (non-hydrogen) atoms. The summed E-state index contributed by atoms with van der Waals surface area (Å²) in [6.45, 7) is 0.0284. The predicted octanol–water partition coefficient (Wildman–Crippen LogP) is 5.38. The SMILES string of the molecule is Fc1cccnc1CN=C1NSc2ccc(F)c(Oc3ccc(Cl)cc3)c2N1. The Morgan fingerprint density at radius 1 is 1.07 bits per heavy atom. The van der Waals surface area contributed by atoms with Crippen LogP contribution in [0.25, 0.3) is 0 Å². The van der Waals surface area contributed by atoms with Gasteiger partial charge in [0, 0.05) is 11.2 Å². The number of anilines is 1. The summed E-state index contributed by atoms with van der Waals surface area (Å²) in [6, 6.07) is 12.4. The van der Waals surface area contributed by atoms with Crippen LogP contribution in [0.1, 0.15) is 5.69 Å². The normalized spacial score (nSPS) is 14.2. The van der Waals surface area contributed by atoms with Crippen LogP contribution >= 0.6 is 23.5 Å². The van der Waals surface area contributed by atoms with Gasteiger partial charge >= 0.3 is 0 Å². The van der Waals surface area contributed by atoms with Crippen LogP contribution in [-0.4, -0.2) is 10.9 Å². The summed E-state index contributed by atoms with van der Waals surface area (Å²) in [5, 5.41) is 3.56. The van der Waals surface area contributed by atoms with Crippen LogP contribution in [0.15, 0.2) is 64.6 Å². The first-order valence-electron chi connectivity index (χ1n) is 8.20. The molecular formula is C19H13ClF2N4OS. The fraction of sp³-hybridized carbons (Fsp3) is 0.0526. The van der Waals surface area contributed by atoms with Crippen molar-refractivity contribution in [2.45, 2.75) is 11.4 Å². The van der Waals surface area contributed by atoms with Gasteiger partial charge in [-0.2, -0.15) is 0 Å². The molecule has 0 unspecified atom stereocenters. The minimum atomic E-state index is -0.529. The standard InChI is InChI=1S/C19H13ClF2N4OS/c20-11-3-5-12(6-4-11)27-18-14(22)7-8-16-17(18)25-19(26-28-16)24-10-15-13(21)2-1-9-23-15/h1-9H,10H2,(H2,24,25,26). The van der Waals surface area contributed by atoms with E-state index in [9.17, 15) is 8.78 Å². The average molecular weight is 419 g/mol. The summed E-state index contributed by atoms with van der Waals surface area (Å²) in [5.74, 6) is -0.150. The molecule has 142 valence electrons. The van der Waals surface area contributed by atoms with Gasteiger partial charge in [0.1, 0.15) is 17.3 Å². The number of benzene rings is 2. The fourth-order valence-corrected chi connectivity index (χ4v) is 3.30. The lowest BCUT2D eigenvalue weighted by Gasteiger charge is -2.23. The maximum absolute atomic E-state index is 14.5. The van der Waals surface area contributed by atoms with Crippen molar-refractivity contribution in [2.24, 2.45) is 4.99 Å². The first-order chi connectivity index (χ1) is 13.6. The lowest BCUT2D eigenvalue weighted by atomic mass is 10.2. The summed E-state index contributed by atoms with van der Waals surface area (Å²) in [6.07, 6.45) is 1.50. The Morgan fingerprint density at radius 2 is 1.89 bits per heavy atom. The molecule has 0 saturated heterocycles. The van der Waals surface area contributed by atoms with Gasteiger partial charge in [0.25, 0.3) is 0 Å². The highest BCUT2D eigenvalue weighted by Gasteiger charge is 2.22. The number of aromatic nitrogens is 1. The van der Waals surface area contributed by atoms with E-state index in [1.165, 1.54) is 36.3 Å². The molecule has 2 heterocycles. The number of pyridine rings is 1. The molecular weight excluding hydrogens is 406 g/mol. The van der Waals surface area contributed by atoms with Crippen molar-refractivity contribution < 1.29 is 13.5 Å². The van der Waals surface area contributed by atoms with Crippen LogP contribution in [0.3, 0.4) is 0 Å². The minimum absolute atomic E-state index is 0.0284. The lowest BCUT2D eigenvalue weighted by molar-refractivity contribution is 0.443. The van der Waals surface area contributed by atoms with Crippen LogP contribution < -0.4 is 14.8 Å². The van der Waals surface area contributed by atoms with E-state index in [0.717, 1.165) is 4.90 Å². The number of guanidine groups is 1. The second-order valence-corrected chi connectivity index (χ2v) is 7.02. The Hall–Kier alpha value is -2.84. The van der Waals surface area contributed by atoms with Gasteiger partial charge in [-0.3, -0.25) is 9.71 Å². The number of halogens is 3. The minimum Gasteiger partial charge on any atom is -0.452 e. The molecule has 2 N–H and O–H groups in total. The molecule has 2 aromatic carbocycles. The molecule has 9 heteroatoms. The average Bonchev–Trinajstić information content (AvgIpc) is 2.71. The zero-order valence-corrected chi connectivity index (χ0v) is 15.8. The smallest absolute Gasteiger partial charge is 0.206 e. The molecule has 1 aliphatic rings. The van der Waals surface area contributed by atoms with E-state index in [2.05, 4.69) is 20.0 Å². The van der Waals surface area contributed by atoms with E-state index >= 15 is 0 Å². The molecule has 1 aliphatic heterocycles. The van der Waals surface area contributed by atoms with Gasteiger partial charge in [-0.05, 0) is 60.5 Å². The van der Waals surface area contributed by atoms with Crippen molar-refractivity contribution in [3.05, 3.63) is 77.1 Å². The Kier molecular flexibility index (Phi) is 5.31. The topological polar surface area (TPSA) is 58.5 Å². The monoisotopic (exact) mass is 418 g/mol. The third-order valence-electron chi connectivity index (χ3n) is 3.83. The summed E-state index contributed by atoms with van der Waals surface area (Å²) >= 11 is 7.12. The maximum Gasteiger partial charge on any atom is 0.206 e. The lowest BCUT2D eigenvalue weighted by Crippen LogP contribution is -2.30. The Bertz CT molecular complexity index is 1050. The molecule has 1 aromatic heterocycles.